The summed E-state index contributed by atoms with van der Waals surface area (Å²) in [4.78, 5) is 4.08. The molecule has 4 rings (SSSR count). The van der Waals surface area contributed by atoms with E-state index in [0.29, 0.717) is 13.2 Å². The van der Waals surface area contributed by atoms with Gasteiger partial charge in [0, 0.05) is 5.56 Å². The maximum absolute atomic E-state index is 5.91. The molecular weight excluding hydrogens is 372 g/mol. The van der Waals surface area contributed by atoms with Crippen molar-refractivity contribution in [2.24, 2.45) is 0 Å². The number of benzene rings is 3. The van der Waals surface area contributed by atoms with Gasteiger partial charge in [0.25, 0.3) is 0 Å². The zero-order chi connectivity index (χ0) is 20.6. The van der Waals surface area contributed by atoms with Crippen LogP contribution in [-0.4, -0.2) is 32.8 Å². The predicted octanol–water partition coefficient (Wildman–Crippen LogP) is 3.57. The van der Waals surface area contributed by atoms with Crippen molar-refractivity contribution < 1.29 is 14.4 Å². The Morgan fingerprint density at radius 3 is 2.20 bits per heavy atom. The van der Waals surface area contributed by atoms with Crippen molar-refractivity contribution in [2.75, 3.05) is 37.7 Å². The van der Waals surface area contributed by atoms with Gasteiger partial charge in [-0.05, 0) is 48.9 Å². The number of hydrogen-bond acceptors (Lipinski definition) is 3. The fraction of sp³-hybridized carbons (Fsp3) is 0.308. The van der Waals surface area contributed by atoms with Crippen molar-refractivity contribution in [1.29, 1.82) is 0 Å². The lowest BCUT2D eigenvalue weighted by atomic mass is 10.1. The van der Waals surface area contributed by atoms with E-state index < -0.39 is 0 Å². The normalized spacial score (nSPS) is 14.5. The number of piperazine rings is 1. The van der Waals surface area contributed by atoms with Gasteiger partial charge in [-0.25, -0.2) is 0 Å². The van der Waals surface area contributed by atoms with Crippen LogP contribution in [0.25, 0.3) is 0 Å². The maximum atomic E-state index is 5.91. The van der Waals surface area contributed by atoms with Crippen molar-refractivity contribution in [3.63, 3.8) is 0 Å². The van der Waals surface area contributed by atoms with Crippen molar-refractivity contribution in [3.8, 4) is 11.5 Å². The lowest BCUT2D eigenvalue weighted by Gasteiger charge is -2.34. The third-order valence-electron chi connectivity index (χ3n) is 5.60. The van der Waals surface area contributed by atoms with E-state index in [9.17, 15) is 0 Å². The molecule has 0 atom stereocenters. The second-order valence-electron chi connectivity index (χ2n) is 7.73. The van der Waals surface area contributed by atoms with Gasteiger partial charge < -0.3 is 19.3 Å². The monoisotopic (exact) mass is 403 g/mol. The molecule has 1 fully saturated rings. The number of nitrogens with zero attached hydrogens (tertiary/aromatic N) is 1. The smallest absolute Gasteiger partial charge is 0.142 e. The summed E-state index contributed by atoms with van der Waals surface area (Å²) < 4.78 is 11.7. The fourth-order valence-electron chi connectivity index (χ4n) is 3.97. The number of ether oxygens (including phenoxy) is 2. The third kappa shape index (κ3) is 5.33. The highest BCUT2D eigenvalue weighted by molar-refractivity contribution is 5.58. The van der Waals surface area contributed by atoms with Gasteiger partial charge in [-0.15, -0.1) is 0 Å². The lowest BCUT2D eigenvalue weighted by molar-refractivity contribution is -0.914. The van der Waals surface area contributed by atoms with Gasteiger partial charge in [-0.3, -0.25) is 0 Å². The summed E-state index contributed by atoms with van der Waals surface area (Å²) in [6.07, 6.45) is 0. The summed E-state index contributed by atoms with van der Waals surface area (Å²) in [6.45, 7) is 8.77. The molecule has 3 aromatic carbocycles. The van der Waals surface area contributed by atoms with Crippen molar-refractivity contribution >= 4 is 5.69 Å². The number of anilines is 1. The first-order chi connectivity index (χ1) is 14.8. The quantitative estimate of drug-likeness (QED) is 0.623. The van der Waals surface area contributed by atoms with E-state index >= 15 is 0 Å². The lowest BCUT2D eigenvalue weighted by Crippen LogP contribution is -3.13. The average molecular weight is 404 g/mol. The fourth-order valence-corrected chi connectivity index (χ4v) is 3.97. The molecule has 4 heteroatoms. The van der Waals surface area contributed by atoms with Gasteiger partial charge in [-0.1, -0.05) is 42.5 Å². The van der Waals surface area contributed by atoms with Crippen LogP contribution in [-0.2, 0) is 13.2 Å². The summed E-state index contributed by atoms with van der Waals surface area (Å²) in [6, 6.07) is 27.2. The Hall–Kier alpha value is -2.98. The number of para-hydroxylation sites is 2. The Kier molecular flexibility index (Phi) is 6.88. The SMILES string of the molecule is CCOc1ccccc1N1CC[NH+](Cc2ccc(OCc3ccccc3)cc2)CC1. The molecule has 1 saturated heterocycles. The highest BCUT2D eigenvalue weighted by Crippen LogP contribution is 2.27. The number of rotatable bonds is 8. The van der Waals surface area contributed by atoms with Crippen LogP contribution >= 0.6 is 0 Å². The van der Waals surface area contributed by atoms with E-state index in [0.717, 1.165) is 44.2 Å². The van der Waals surface area contributed by atoms with Gasteiger partial charge in [0.2, 0.25) is 0 Å². The summed E-state index contributed by atoms with van der Waals surface area (Å²) in [5.74, 6) is 1.92. The van der Waals surface area contributed by atoms with Crippen LogP contribution in [0.4, 0.5) is 5.69 Å². The average Bonchev–Trinajstić information content (AvgIpc) is 2.81. The Morgan fingerprint density at radius 2 is 1.47 bits per heavy atom. The van der Waals surface area contributed by atoms with Gasteiger partial charge in [0.1, 0.15) is 24.7 Å². The van der Waals surface area contributed by atoms with Crippen LogP contribution in [0.2, 0.25) is 0 Å². The maximum Gasteiger partial charge on any atom is 0.142 e. The molecule has 0 aliphatic carbocycles. The molecule has 0 aromatic heterocycles. The molecule has 0 saturated carbocycles. The molecule has 3 aromatic rings. The Morgan fingerprint density at radius 1 is 0.767 bits per heavy atom. The van der Waals surface area contributed by atoms with E-state index in [1.807, 2.05) is 31.2 Å². The largest absolute Gasteiger partial charge is 0.492 e. The first kappa shape index (κ1) is 20.3. The van der Waals surface area contributed by atoms with E-state index in [1.165, 1.54) is 16.8 Å². The molecule has 1 aliphatic heterocycles. The van der Waals surface area contributed by atoms with Gasteiger partial charge in [0.15, 0.2) is 0 Å². The van der Waals surface area contributed by atoms with Gasteiger partial charge in [-0.2, -0.15) is 0 Å². The first-order valence-electron chi connectivity index (χ1n) is 10.9. The topological polar surface area (TPSA) is 26.1 Å². The minimum absolute atomic E-state index is 0.608. The molecule has 0 bridgehead atoms. The van der Waals surface area contributed by atoms with E-state index in [2.05, 4.69) is 59.5 Å². The van der Waals surface area contributed by atoms with E-state index in [1.54, 1.807) is 4.90 Å². The molecule has 1 aliphatic rings. The van der Waals surface area contributed by atoms with Crippen LogP contribution < -0.4 is 19.3 Å². The molecule has 1 N–H and O–H groups in total. The highest BCUT2D eigenvalue weighted by Gasteiger charge is 2.22. The molecule has 0 unspecified atom stereocenters. The van der Waals surface area contributed by atoms with E-state index in [-0.39, 0.29) is 0 Å². The summed E-state index contributed by atoms with van der Waals surface area (Å²) in [5.41, 5.74) is 3.77. The number of hydrogen-bond donors (Lipinski definition) is 1. The molecule has 0 radical (unpaired) electrons. The first-order valence-corrected chi connectivity index (χ1v) is 10.9. The molecular formula is C26H31N2O2+. The summed E-state index contributed by atoms with van der Waals surface area (Å²) in [7, 11) is 0. The molecule has 1 heterocycles. The van der Waals surface area contributed by atoms with E-state index in [4.69, 9.17) is 9.47 Å². The van der Waals surface area contributed by atoms with Crippen LogP contribution in [0.15, 0.2) is 78.9 Å². The molecule has 30 heavy (non-hydrogen) atoms. The molecule has 156 valence electrons. The van der Waals surface area contributed by atoms with Crippen LogP contribution in [0, 0.1) is 0 Å². The molecule has 0 spiro atoms. The number of nitrogens with one attached hydrogen (secondary N) is 1. The van der Waals surface area contributed by atoms with Crippen LogP contribution in [0.5, 0.6) is 11.5 Å². The van der Waals surface area contributed by atoms with Crippen LogP contribution in [0.1, 0.15) is 18.1 Å². The standard InChI is InChI=1S/C26H30N2O2/c1-2-29-26-11-7-6-10-25(26)28-18-16-27(17-19-28)20-22-12-14-24(15-13-22)30-21-23-8-4-3-5-9-23/h3-15H,2,16-21H2,1H3/p+1. The zero-order valence-electron chi connectivity index (χ0n) is 17.7. The molecule has 4 nitrogen and oxygen atoms in total. The third-order valence-corrected chi connectivity index (χ3v) is 5.60. The Balaban J connectivity index is 1.27. The zero-order valence-corrected chi connectivity index (χ0v) is 17.7. The summed E-state index contributed by atoms with van der Waals surface area (Å²) >= 11 is 0. The summed E-state index contributed by atoms with van der Waals surface area (Å²) in [5, 5.41) is 0. The second-order valence-corrected chi connectivity index (χ2v) is 7.73. The predicted molar refractivity (Wildman–Crippen MR) is 121 cm³/mol. The van der Waals surface area contributed by atoms with Gasteiger partial charge >= 0.3 is 0 Å². The van der Waals surface area contributed by atoms with Crippen molar-refractivity contribution in [2.45, 2.75) is 20.1 Å². The van der Waals surface area contributed by atoms with Crippen molar-refractivity contribution in [1.82, 2.24) is 0 Å². The Bertz CT molecular complexity index is 904. The minimum Gasteiger partial charge on any atom is -0.492 e. The number of quaternary nitrogens is 1. The van der Waals surface area contributed by atoms with Crippen LogP contribution in [0.3, 0.4) is 0 Å². The molecule has 0 amide bonds. The van der Waals surface area contributed by atoms with Gasteiger partial charge in [0.05, 0.1) is 38.5 Å². The minimum atomic E-state index is 0.608. The second kappa shape index (κ2) is 10.2. The highest BCUT2D eigenvalue weighted by atomic mass is 16.5. The Labute approximate surface area is 179 Å². The van der Waals surface area contributed by atoms with Crippen molar-refractivity contribution in [3.05, 3.63) is 90.0 Å².